The maximum absolute atomic E-state index is 11.8. The first-order valence-electron chi connectivity index (χ1n) is 5.14. The van der Waals surface area contributed by atoms with E-state index in [1.54, 1.807) is 11.4 Å². The van der Waals surface area contributed by atoms with E-state index in [0.29, 0.717) is 5.56 Å². The molecule has 0 bridgehead atoms. The molecular formula is C10H12INO5S2. The molecule has 1 atom stereocenters. The van der Waals surface area contributed by atoms with Crippen molar-refractivity contribution in [2.45, 2.75) is 12.5 Å². The van der Waals surface area contributed by atoms with Crippen molar-refractivity contribution >= 4 is 55.6 Å². The molecule has 0 saturated carbocycles. The van der Waals surface area contributed by atoms with Crippen LogP contribution in [0.25, 0.3) is 0 Å². The van der Waals surface area contributed by atoms with Gasteiger partial charge in [-0.05, 0) is 35.1 Å². The molecule has 0 aliphatic heterocycles. The number of nitrogens with one attached hydrogen (secondary N) is 1. The van der Waals surface area contributed by atoms with Crippen LogP contribution in [-0.2, 0) is 14.6 Å². The van der Waals surface area contributed by atoms with Crippen LogP contribution in [0.1, 0.15) is 16.8 Å². The average Bonchev–Trinajstić information content (AvgIpc) is 2.69. The summed E-state index contributed by atoms with van der Waals surface area (Å²) in [5, 5.41) is 12.9. The SMILES string of the molecule is CS(=O)(=O)CCC(NC(=O)c1csc(I)c1)C(=O)O. The lowest BCUT2D eigenvalue weighted by Gasteiger charge is -2.13. The Hall–Kier alpha value is -0.680. The zero-order valence-electron chi connectivity index (χ0n) is 9.92. The van der Waals surface area contributed by atoms with Crippen molar-refractivity contribution in [2.75, 3.05) is 12.0 Å². The second-order valence-corrected chi connectivity index (χ2v) is 8.99. The van der Waals surface area contributed by atoms with Gasteiger partial charge in [0.25, 0.3) is 5.91 Å². The first-order chi connectivity index (χ1) is 8.69. The van der Waals surface area contributed by atoms with Gasteiger partial charge >= 0.3 is 5.97 Å². The molecule has 0 aliphatic rings. The molecule has 1 unspecified atom stereocenters. The molecule has 0 aromatic carbocycles. The van der Waals surface area contributed by atoms with Crippen LogP contribution in [0.4, 0.5) is 0 Å². The van der Waals surface area contributed by atoms with Crippen LogP contribution < -0.4 is 5.32 Å². The first kappa shape index (κ1) is 16.4. The second kappa shape index (κ2) is 6.66. The first-order valence-corrected chi connectivity index (χ1v) is 9.16. The highest BCUT2D eigenvalue weighted by Crippen LogP contribution is 2.16. The molecule has 1 amide bonds. The average molecular weight is 417 g/mol. The maximum atomic E-state index is 11.8. The molecule has 1 aromatic rings. The Morgan fingerprint density at radius 1 is 1.53 bits per heavy atom. The molecule has 1 aromatic heterocycles. The van der Waals surface area contributed by atoms with E-state index in [9.17, 15) is 18.0 Å². The molecule has 2 N–H and O–H groups in total. The molecule has 0 fully saturated rings. The molecule has 0 radical (unpaired) electrons. The van der Waals surface area contributed by atoms with Gasteiger partial charge in [-0.2, -0.15) is 0 Å². The van der Waals surface area contributed by atoms with Gasteiger partial charge in [0.05, 0.1) is 14.2 Å². The Morgan fingerprint density at radius 2 is 2.16 bits per heavy atom. The van der Waals surface area contributed by atoms with E-state index in [1.807, 2.05) is 0 Å². The van der Waals surface area contributed by atoms with Crippen molar-refractivity contribution in [2.24, 2.45) is 0 Å². The molecular weight excluding hydrogens is 405 g/mol. The third-order valence-corrected chi connectivity index (χ3v) is 4.98. The summed E-state index contributed by atoms with van der Waals surface area (Å²) in [6.45, 7) is 0. The number of hydrogen-bond donors (Lipinski definition) is 2. The Labute approximate surface area is 128 Å². The highest BCUT2D eigenvalue weighted by atomic mass is 127. The number of carboxylic acid groups (broad SMARTS) is 1. The van der Waals surface area contributed by atoms with Crippen molar-refractivity contribution < 1.29 is 23.1 Å². The summed E-state index contributed by atoms with van der Waals surface area (Å²) in [6, 6.07) is 0.426. The van der Waals surface area contributed by atoms with E-state index >= 15 is 0 Å². The Kier molecular flexibility index (Phi) is 5.74. The van der Waals surface area contributed by atoms with E-state index in [1.165, 1.54) is 11.3 Å². The van der Waals surface area contributed by atoms with E-state index < -0.39 is 27.8 Å². The smallest absolute Gasteiger partial charge is 0.326 e. The van der Waals surface area contributed by atoms with Crippen LogP contribution in [-0.4, -0.2) is 43.5 Å². The molecule has 0 aliphatic carbocycles. The van der Waals surface area contributed by atoms with Gasteiger partial charge in [-0.1, -0.05) is 0 Å². The fourth-order valence-corrected chi connectivity index (χ4v) is 3.25. The molecule has 1 heterocycles. The summed E-state index contributed by atoms with van der Waals surface area (Å²) < 4.78 is 22.9. The lowest BCUT2D eigenvalue weighted by Crippen LogP contribution is -2.41. The number of carbonyl (C=O) groups excluding carboxylic acids is 1. The van der Waals surface area contributed by atoms with E-state index in [0.717, 1.165) is 9.14 Å². The van der Waals surface area contributed by atoms with E-state index in [2.05, 4.69) is 27.9 Å². The van der Waals surface area contributed by atoms with Crippen LogP contribution >= 0.6 is 33.9 Å². The summed E-state index contributed by atoms with van der Waals surface area (Å²) in [7, 11) is -3.26. The summed E-state index contributed by atoms with van der Waals surface area (Å²) in [5.74, 6) is -2.05. The van der Waals surface area contributed by atoms with Crippen LogP contribution in [0.15, 0.2) is 11.4 Å². The number of carboxylic acids is 1. The number of rotatable bonds is 6. The van der Waals surface area contributed by atoms with Crippen molar-refractivity contribution in [1.82, 2.24) is 5.32 Å². The third kappa shape index (κ3) is 5.87. The van der Waals surface area contributed by atoms with Gasteiger partial charge in [0.2, 0.25) is 0 Å². The highest BCUT2D eigenvalue weighted by molar-refractivity contribution is 14.1. The predicted octanol–water partition coefficient (Wildman–Crippen LogP) is 0.970. The van der Waals surface area contributed by atoms with Gasteiger partial charge in [-0.25, -0.2) is 13.2 Å². The lowest BCUT2D eigenvalue weighted by molar-refractivity contribution is -0.139. The van der Waals surface area contributed by atoms with Crippen LogP contribution in [0, 0.1) is 2.88 Å². The van der Waals surface area contributed by atoms with Gasteiger partial charge in [0, 0.05) is 11.6 Å². The van der Waals surface area contributed by atoms with Crippen molar-refractivity contribution in [3.63, 3.8) is 0 Å². The number of aliphatic carboxylic acids is 1. The largest absolute Gasteiger partial charge is 0.480 e. The quantitative estimate of drug-likeness (QED) is 0.672. The maximum Gasteiger partial charge on any atom is 0.326 e. The molecule has 19 heavy (non-hydrogen) atoms. The number of halogens is 1. The van der Waals surface area contributed by atoms with Gasteiger partial charge in [-0.15, -0.1) is 11.3 Å². The van der Waals surface area contributed by atoms with Crippen molar-refractivity contribution in [1.29, 1.82) is 0 Å². The molecule has 1 rings (SSSR count). The molecule has 9 heteroatoms. The van der Waals surface area contributed by atoms with Crippen molar-refractivity contribution in [3.8, 4) is 0 Å². The van der Waals surface area contributed by atoms with Gasteiger partial charge in [0.1, 0.15) is 15.9 Å². The zero-order chi connectivity index (χ0) is 14.6. The normalized spacial score (nSPS) is 12.9. The molecule has 0 saturated heterocycles. The number of carbonyl (C=O) groups is 2. The van der Waals surface area contributed by atoms with Crippen LogP contribution in [0.5, 0.6) is 0 Å². The van der Waals surface area contributed by atoms with Crippen LogP contribution in [0.2, 0.25) is 0 Å². The minimum atomic E-state index is -3.26. The fraction of sp³-hybridized carbons (Fsp3) is 0.400. The predicted molar refractivity (Wildman–Crippen MR) is 80.3 cm³/mol. The van der Waals surface area contributed by atoms with Gasteiger partial charge in [-0.3, -0.25) is 4.79 Å². The lowest BCUT2D eigenvalue weighted by atomic mass is 10.2. The number of thiophene rings is 1. The Bertz CT molecular complexity index is 580. The Morgan fingerprint density at radius 3 is 2.58 bits per heavy atom. The number of hydrogen-bond acceptors (Lipinski definition) is 5. The highest BCUT2D eigenvalue weighted by Gasteiger charge is 2.22. The van der Waals surface area contributed by atoms with Crippen molar-refractivity contribution in [3.05, 3.63) is 19.9 Å². The third-order valence-electron chi connectivity index (χ3n) is 2.21. The minimum Gasteiger partial charge on any atom is -0.480 e. The van der Waals surface area contributed by atoms with Crippen LogP contribution in [0.3, 0.4) is 0 Å². The van der Waals surface area contributed by atoms with E-state index in [4.69, 9.17) is 5.11 Å². The summed E-state index contributed by atoms with van der Waals surface area (Å²) in [6.07, 6.45) is 0.871. The van der Waals surface area contributed by atoms with Gasteiger partial charge < -0.3 is 10.4 Å². The topological polar surface area (TPSA) is 101 Å². The minimum absolute atomic E-state index is 0.152. The summed E-state index contributed by atoms with van der Waals surface area (Å²) in [4.78, 5) is 22.8. The number of amides is 1. The standard InChI is InChI=1S/C10H12INO5S2/c1-19(16,17)3-2-7(10(14)15)12-9(13)6-4-8(11)18-5-6/h4-5,7H,2-3H2,1H3,(H,12,13)(H,14,15). The second-order valence-electron chi connectivity index (χ2n) is 3.92. The van der Waals surface area contributed by atoms with E-state index in [-0.39, 0.29) is 12.2 Å². The fourth-order valence-electron chi connectivity index (χ4n) is 1.26. The van der Waals surface area contributed by atoms with Gasteiger partial charge in [0.15, 0.2) is 0 Å². The summed E-state index contributed by atoms with van der Waals surface area (Å²) in [5.41, 5.74) is 0.375. The number of sulfone groups is 1. The zero-order valence-corrected chi connectivity index (χ0v) is 13.7. The molecule has 0 spiro atoms. The Balaban J connectivity index is 2.68. The molecule has 6 nitrogen and oxygen atoms in total. The molecule has 106 valence electrons. The monoisotopic (exact) mass is 417 g/mol. The summed E-state index contributed by atoms with van der Waals surface area (Å²) >= 11 is 3.42.